The number of nitrogens with one attached hydrogen (secondary N) is 2. The van der Waals surface area contributed by atoms with Crippen LogP contribution in [-0.2, 0) is 28.2 Å². The lowest BCUT2D eigenvalue weighted by Gasteiger charge is -2.23. The number of anilines is 1. The molecule has 0 saturated heterocycles. The van der Waals surface area contributed by atoms with Gasteiger partial charge in [0.15, 0.2) is 0 Å². The quantitative estimate of drug-likeness (QED) is 0.444. The maximum Gasteiger partial charge on any atom is 0.416 e. The average Bonchev–Trinajstić information content (AvgIpc) is 2.70. The molecule has 192 valence electrons. The third kappa shape index (κ3) is 9.75. The summed E-state index contributed by atoms with van der Waals surface area (Å²) in [5.41, 5.74) is -3.96. The molecule has 0 aliphatic carbocycles. The van der Waals surface area contributed by atoms with Gasteiger partial charge in [-0.25, -0.2) is 9.59 Å². The van der Waals surface area contributed by atoms with Crippen LogP contribution < -0.4 is 10.6 Å². The first-order chi connectivity index (χ1) is 16.0. The molecular weight excluding hydrogens is 482 g/mol. The van der Waals surface area contributed by atoms with Crippen molar-refractivity contribution in [3.05, 3.63) is 65.2 Å². The second kappa shape index (κ2) is 10.9. The number of benzene rings is 2. The summed E-state index contributed by atoms with van der Waals surface area (Å²) in [5.74, 6) is 0. The number of alkyl carbamates (subject to hydrolysis) is 1. The van der Waals surface area contributed by atoms with Crippen molar-refractivity contribution < 1.29 is 45.4 Å². The van der Waals surface area contributed by atoms with Gasteiger partial charge >= 0.3 is 24.5 Å². The molecule has 0 fully saturated rings. The Bertz CT molecular complexity index is 985. The second-order valence-electron chi connectivity index (χ2n) is 8.55. The molecule has 1 unspecified atom stereocenters. The molecule has 0 aliphatic rings. The highest BCUT2D eigenvalue weighted by Gasteiger charge is 2.37. The highest BCUT2D eigenvalue weighted by atomic mass is 19.4. The molecule has 12 heteroatoms. The topological polar surface area (TPSA) is 76.7 Å². The summed E-state index contributed by atoms with van der Waals surface area (Å²) >= 11 is 0. The maximum absolute atomic E-state index is 13.0. The Hall–Kier alpha value is -3.44. The first-order valence-corrected chi connectivity index (χ1v) is 10.3. The molecule has 2 aromatic rings. The molecule has 1 atom stereocenters. The molecule has 0 spiro atoms. The molecule has 0 bridgehead atoms. The third-order valence-corrected chi connectivity index (χ3v) is 4.30. The van der Waals surface area contributed by atoms with Gasteiger partial charge in [-0.3, -0.25) is 5.32 Å². The molecule has 0 saturated carbocycles. The molecule has 0 aromatic heterocycles. The fraction of sp³-hybridized carbons (Fsp3) is 0.391. The summed E-state index contributed by atoms with van der Waals surface area (Å²) in [4.78, 5) is 24.3. The number of hydrogen-bond acceptors (Lipinski definition) is 4. The number of hydrogen-bond donors (Lipinski definition) is 2. The van der Waals surface area contributed by atoms with Crippen LogP contribution in [0.4, 0.5) is 41.6 Å². The predicted molar refractivity (Wildman–Crippen MR) is 115 cm³/mol. The zero-order valence-corrected chi connectivity index (χ0v) is 19.0. The zero-order valence-electron chi connectivity index (χ0n) is 19.0. The van der Waals surface area contributed by atoms with Gasteiger partial charge in [0.05, 0.1) is 17.2 Å². The number of carbonyl (C=O) groups is 2. The number of carbonyl (C=O) groups excluding carboxylic acids is 2. The molecule has 6 nitrogen and oxygen atoms in total. The van der Waals surface area contributed by atoms with E-state index in [2.05, 4.69) is 5.32 Å². The summed E-state index contributed by atoms with van der Waals surface area (Å²) in [6.45, 7) is 4.50. The Morgan fingerprint density at radius 1 is 0.857 bits per heavy atom. The minimum Gasteiger partial charge on any atom is -0.447 e. The van der Waals surface area contributed by atoms with Crippen LogP contribution in [0.3, 0.4) is 0 Å². The molecule has 2 N–H and O–H groups in total. The van der Waals surface area contributed by atoms with Crippen LogP contribution in [0.2, 0.25) is 0 Å². The van der Waals surface area contributed by atoms with Crippen LogP contribution in [0.25, 0.3) is 0 Å². The van der Waals surface area contributed by atoms with E-state index in [0.29, 0.717) is 12.1 Å². The van der Waals surface area contributed by atoms with Crippen LogP contribution in [0.5, 0.6) is 0 Å². The van der Waals surface area contributed by atoms with Crippen LogP contribution >= 0.6 is 0 Å². The molecule has 35 heavy (non-hydrogen) atoms. The highest BCUT2D eigenvalue weighted by molar-refractivity contribution is 5.85. The molecule has 2 amide bonds. The number of halogens is 6. The Morgan fingerprint density at radius 2 is 1.40 bits per heavy atom. The van der Waals surface area contributed by atoms with E-state index in [1.165, 1.54) is 0 Å². The molecule has 0 heterocycles. The first-order valence-electron chi connectivity index (χ1n) is 10.3. The Labute approximate surface area is 197 Å². The van der Waals surface area contributed by atoms with E-state index in [1.54, 1.807) is 51.1 Å². The molecule has 2 rings (SSSR count). The summed E-state index contributed by atoms with van der Waals surface area (Å²) in [5, 5.41) is 4.41. The van der Waals surface area contributed by atoms with E-state index in [-0.39, 0.29) is 12.5 Å². The van der Waals surface area contributed by atoms with E-state index in [0.717, 1.165) is 5.56 Å². The standard InChI is InChI=1S/C23H24F6N2O4/c1-21(2,3)35-20(33)31-18(9-14-7-5-4-6-8-14)13-34-19(32)30-17-11-15(22(24,25)26)10-16(12-17)23(27,28)29/h4-8,10-12,18H,9,13H2,1-3H3,(H,30,32)(H,31,33). The fourth-order valence-electron chi connectivity index (χ4n) is 2.88. The number of alkyl halides is 6. The summed E-state index contributed by atoms with van der Waals surface area (Å²) < 4.78 is 88.2. The van der Waals surface area contributed by atoms with Crippen LogP contribution in [0.15, 0.2) is 48.5 Å². The third-order valence-electron chi connectivity index (χ3n) is 4.30. The second-order valence-corrected chi connectivity index (χ2v) is 8.55. The summed E-state index contributed by atoms with van der Waals surface area (Å²) in [6.07, 6.45) is -12.0. The van der Waals surface area contributed by atoms with Crippen molar-refractivity contribution >= 4 is 17.9 Å². The number of ether oxygens (including phenoxy) is 2. The van der Waals surface area contributed by atoms with Crippen molar-refractivity contribution in [2.24, 2.45) is 0 Å². The normalized spacial score (nSPS) is 13.1. The maximum atomic E-state index is 13.0. The Morgan fingerprint density at radius 3 is 1.89 bits per heavy atom. The van der Waals surface area contributed by atoms with Crippen LogP contribution in [0.1, 0.15) is 37.5 Å². The van der Waals surface area contributed by atoms with E-state index in [9.17, 15) is 35.9 Å². The largest absolute Gasteiger partial charge is 0.447 e. The van der Waals surface area contributed by atoms with Crippen molar-refractivity contribution in [3.63, 3.8) is 0 Å². The predicted octanol–water partition coefficient (Wildman–Crippen LogP) is 6.41. The minimum atomic E-state index is -5.07. The Balaban J connectivity index is 2.13. The lowest BCUT2D eigenvalue weighted by atomic mass is 10.1. The molecule has 0 aliphatic heterocycles. The molecule has 2 aromatic carbocycles. The van der Waals surface area contributed by atoms with Crippen molar-refractivity contribution in [1.82, 2.24) is 5.32 Å². The van der Waals surface area contributed by atoms with E-state index in [1.807, 2.05) is 5.32 Å². The van der Waals surface area contributed by atoms with Crippen LogP contribution in [-0.4, -0.2) is 30.4 Å². The zero-order chi connectivity index (χ0) is 26.4. The van der Waals surface area contributed by atoms with E-state index in [4.69, 9.17) is 9.47 Å². The number of amides is 2. The number of rotatable bonds is 6. The van der Waals surface area contributed by atoms with E-state index >= 15 is 0 Å². The summed E-state index contributed by atoms with van der Waals surface area (Å²) in [7, 11) is 0. The van der Waals surface area contributed by atoms with Gasteiger partial charge in [-0.1, -0.05) is 30.3 Å². The van der Waals surface area contributed by atoms with Crippen molar-refractivity contribution in [1.29, 1.82) is 0 Å². The van der Waals surface area contributed by atoms with Gasteiger partial charge in [-0.15, -0.1) is 0 Å². The van der Waals surface area contributed by atoms with Crippen molar-refractivity contribution in [3.8, 4) is 0 Å². The summed E-state index contributed by atoms with van der Waals surface area (Å²) in [6, 6.07) is 8.64. The average molecular weight is 506 g/mol. The van der Waals surface area contributed by atoms with Crippen molar-refractivity contribution in [2.75, 3.05) is 11.9 Å². The molecule has 0 radical (unpaired) electrons. The van der Waals surface area contributed by atoms with Gasteiger partial charge in [0.2, 0.25) is 0 Å². The van der Waals surface area contributed by atoms with Gasteiger partial charge in [0.25, 0.3) is 0 Å². The fourth-order valence-corrected chi connectivity index (χ4v) is 2.88. The lowest BCUT2D eigenvalue weighted by Crippen LogP contribution is -2.43. The minimum absolute atomic E-state index is 0.0584. The van der Waals surface area contributed by atoms with Gasteiger partial charge < -0.3 is 14.8 Å². The van der Waals surface area contributed by atoms with Gasteiger partial charge in [-0.2, -0.15) is 26.3 Å². The van der Waals surface area contributed by atoms with Crippen LogP contribution in [0, 0.1) is 0 Å². The van der Waals surface area contributed by atoms with Crippen molar-refractivity contribution in [2.45, 2.75) is 51.2 Å². The van der Waals surface area contributed by atoms with Gasteiger partial charge in [0.1, 0.15) is 12.2 Å². The van der Waals surface area contributed by atoms with E-state index < -0.39 is 59.6 Å². The lowest BCUT2D eigenvalue weighted by molar-refractivity contribution is -0.143. The first kappa shape index (κ1) is 27.8. The monoisotopic (exact) mass is 506 g/mol. The Kier molecular flexibility index (Phi) is 8.64. The van der Waals surface area contributed by atoms with Gasteiger partial charge in [0, 0.05) is 5.69 Å². The SMILES string of the molecule is CC(C)(C)OC(=O)NC(COC(=O)Nc1cc(C(F)(F)F)cc(C(F)(F)F)c1)Cc1ccccc1. The smallest absolute Gasteiger partial charge is 0.416 e. The molecular formula is C23H24F6N2O4. The highest BCUT2D eigenvalue weighted by Crippen LogP contribution is 2.37. The van der Waals surface area contributed by atoms with Gasteiger partial charge in [-0.05, 0) is 51.0 Å².